The number of benzene rings is 1. The molecule has 24 heavy (non-hydrogen) atoms. The second-order valence-electron chi connectivity index (χ2n) is 7.77. The van der Waals surface area contributed by atoms with Gasteiger partial charge in [-0.1, -0.05) is 38.1 Å². The van der Waals surface area contributed by atoms with Crippen molar-refractivity contribution in [1.82, 2.24) is 10.2 Å². The van der Waals surface area contributed by atoms with Gasteiger partial charge in [0.05, 0.1) is 6.10 Å². The summed E-state index contributed by atoms with van der Waals surface area (Å²) >= 11 is 0. The average Bonchev–Trinajstić information content (AvgIpc) is 3.00. The van der Waals surface area contributed by atoms with Crippen molar-refractivity contribution in [3.8, 4) is 0 Å². The van der Waals surface area contributed by atoms with E-state index in [-0.39, 0.29) is 5.41 Å². The van der Waals surface area contributed by atoms with Crippen LogP contribution in [0.25, 0.3) is 0 Å². The fourth-order valence-corrected chi connectivity index (χ4v) is 4.30. The summed E-state index contributed by atoms with van der Waals surface area (Å²) in [6, 6.07) is 9.01. The molecule has 1 N–H and O–H groups in total. The number of aryl methyl sites for hydroxylation is 1. The molecule has 0 aromatic heterocycles. The average molecular weight is 329 g/mol. The van der Waals surface area contributed by atoms with Crippen LogP contribution in [0.3, 0.4) is 0 Å². The van der Waals surface area contributed by atoms with Gasteiger partial charge < -0.3 is 15.0 Å². The van der Waals surface area contributed by atoms with E-state index in [1.165, 1.54) is 11.1 Å². The molecular weight excluding hydrogens is 298 g/mol. The van der Waals surface area contributed by atoms with Crippen LogP contribution >= 0.6 is 0 Å². The number of guanidine groups is 1. The van der Waals surface area contributed by atoms with Crippen LogP contribution in [0.1, 0.15) is 38.3 Å². The third-order valence-electron chi connectivity index (χ3n) is 5.72. The van der Waals surface area contributed by atoms with Crippen molar-refractivity contribution in [2.45, 2.75) is 52.8 Å². The number of hydrogen-bond donors (Lipinski definition) is 1. The minimum absolute atomic E-state index is 0.166. The molecule has 1 saturated carbocycles. The Hall–Kier alpha value is -1.55. The van der Waals surface area contributed by atoms with Gasteiger partial charge in [0.15, 0.2) is 5.96 Å². The van der Waals surface area contributed by atoms with Crippen molar-refractivity contribution < 1.29 is 4.74 Å². The van der Waals surface area contributed by atoms with E-state index in [1.54, 1.807) is 0 Å². The van der Waals surface area contributed by atoms with Gasteiger partial charge in [-0.25, -0.2) is 0 Å². The van der Waals surface area contributed by atoms with E-state index in [4.69, 9.17) is 9.73 Å². The molecule has 0 amide bonds. The van der Waals surface area contributed by atoms with Gasteiger partial charge in [0.1, 0.15) is 0 Å². The van der Waals surface area contributed by atoms with Crippen molar-refractivity contribution >= 4 is 5.96 Å². The Labute approximate surface area is 146 Å². The Kier molecular flexibility index (Phi) is 4.86. The zero-order valence-corrected chi connectivity index (χ0v) is 15.7. The lowest BCUT2D eigenvalue weighted by Gasteiger charge is -2.55. The first-order chi connectivity index (χ1) is 11.4. The maximum Gasteiger partial charge on any atom is 0.194 e. The van der Waals surface area contributed by atoms with Gasteiger partial charge >= 0.3 is 0 Å². The Balaban J connectivity index is 1.71. The fraction of sp³-hybridized carbons (Fsp3) is 0.650. The SMILES string of the molecule is CCN=C(NC1C2CCOC2C1(C)C)N(C)Cc1ccccc1C. The molecule has 1 heterocycles. The summed E-state index contributed by atoms with van der Waals surface area (Å²) < 4.78 is 5.92. The molecule has 1 aliphatic heterocycles. The summed E-state index contributed by atoms with van der Waals surface area (Å²) in [4.78, 5) is 6.98. The number of hydrogen-bond acceptors (Lipinski definition) is 2. The van der Waals surface area contributed by atoms with Crippen LogP contribution in [-0.4, -0.2) is 43.2 Å². The molecule has 4 nitrogen and oxygen atoms in total. The Bertz CT molecular complexity index is 611. The Morgan fingerprint density at radius 1 is 1.38 bits per heavy atom. The molecule has 3 atom stereocenters. The molecule has 132 valence electrons. The second-order valence-corrected chi connectivity index (χ2v) is 7.77. The zero-order chi connectivity index (χ0) is 17.3. The summed E-state index contributed by atoms with van der Waals surface area (Å²) in [5.74, 6) is 1.62. The monoisotopic (exact) mass is 329 g/mol. The molecule has 2 fully saturated rings. The number of fused-ring (bicyclic) bond motifs is 1. The summed E-state index contributed by atoms with van der Waals surface area (Å²) in [5, 5.41) is 3.75. The number of ether oxygens (including phenoxy) is 1. The van der Waals surface area contributed by atoms with Gasteiger partial charge in [-0.15, -0.1) is 0 Å². The Morgan fingerprint density at radius 3 is 2.83 bits per heavy atom. The van der Waals surface area contributed by atoms with Crippen LogP contribution in [0.4, 0.5) is 0 Å². The molecule has 1 aromatic rings. The van der Waals surface area contributed by atoms with Crippen LogP contribution in [0.15, 0.2) is 29.3 Å². The van der Waals surface area contributed by atoms with Crippen LogP contribution in [-0.2, 0) is 11.3 Å². The highest BCUT2D eigenvalue weighted by Crippen LogP contribution is 2.52. The quantitative estimate of drug-likeness (QED) is 0.681. The molecule has 0 bridgehead atoms. The van der Waals surface area contributed by atoms with E-state index >= 15 is 0 Å². The van der Waals surface area contributed by atoms with E-state index in [0.29, 0.717) is 18.1 Å². The topological polar surface area (TPSA) is 36.9 Å². The van der Waals surface area contributed by atoms with Crippen molar-refractivity contribution in [3.63, 3.8) is 0 Å². The first kappa shape index (κ1) is 17.3. The minimum Gasteiger partial charge on any atom is -0.377 e. The molecule has 1 aromatic carbocycles. The smallest absolute Gasteiger partial charge is 0.194 e. The molecule has 1 aliphatic carbocycles. The van der Waals surface area contributed by atoms with Gasteiger partial charge in [-0.3, -0.25) is 4.99 Å². The lowest BCUT2D eigenvalue weighted by Crippen LogP contribution is -2.67. The first-order valence-electron chi connectivity index (χ1n) is 9.13. The molecule has 3 unspecified atom stereocenters. The zero-order valence-electron chi connectivity index (χ0n) is 15.7. The highest BCUT2D eigenvalue weighted by molar-refractivity contribution is 5.80. The molecule has 0 radical (unpaired) electrons. The normalized spacial score (nSPS) is 28.2. The number of nitrogens with zero attached hydrogens (tertiary/aromatic N) is 2. The largest absolute Gasteiger partial charge is 0.377 e. The summed E-state index contributed by atoms with van der Waals surface area (Å²) in [7, 11) is 2.13. The van der Waals surface area contributed by atoms with Gasteiger partial charge in [0.25, 0.3) is 0 Å². The first-order valence-corrected chi connectivity index (χ1v) is 9.13. The molecule has 0 spiro atoms. The number of rotatable bonds is 4. The summed E-state index contributed by atoms with van der Waals surface area (Å²) in [5.41, 5.74) is 2.84. The lowest BCUT2D eigenvalue weighted by atomic mass is 9.57. The Morgan fingerprint density at radius 2 is 2.12 bits per heavy atom. The van der Waals surface area contributed by atoms with Crippen molar-refractivity contribution in [1.29, 1.82) is 0 Å². The van der Waals surface area contributed by atoms with Crippen molar-refractivity contribution in [3.05, 3.63) is 35.4 Å². The molecule has 2 aliphatic rings. The van der Waals surface area contributed by atoms with Gasteiger partial charge in [-0.2, -0.15) is 0 Å². The van der Waals surface area contributed by atoms with E-state index < -0.39 is 0 Å². The maximum atomic E-state index is 5.92. The lowest BCUT2D eigenvalue weighted by molar-refractivity contribution is -0.107. The number of aliphatic imine (C=N–C) groups is 1. The van der Waals surface area contributed by atoms with Gasteiger partial charge in [-0.05, 0) is 31.4 Å². The van der Waals surface area contributed by atoms with Crippen LogP contribution in [0.2, 0.25) is 0 Å². The minimum atomic E-state index is 0.166. The highest BCUT2D eigenvalue weighted by Gasteiger charge is 2.59. The van der Waals surface area contributed by atoms with Gasteiger partial charge in [0.2, 0.25) is 0 Å². The maximum absolute atomic E-state index is 5.92. The predicted molar refractivity (Wildman–Crippen MR) is 99.2 cm³/mol. The van der Waals surface area contributed by atoms with Crippen molar-refractivity contribution in [2.75, 3.05) is 20.2 Å². The third kappa shape index (κ3) is 3.04. The molecule has 1 saturated heterocycles. The summed E-state index contributed by atoms with van der Waals surface area (Å²) in [6.07, 6.45) is 1.56. The van der Waals surface area contributed by atoms with Crippen LogP contribution in [0, 0.1) is 18.3 Å². The van der Waals surface area contributed by atoms with E-state index in [2.05, 4.69) is 69.2 Å². The molecule has 3 rings (SSSR count). The second kappa shape index (κ2) is 6.75. The van der Waals surface area contributed by atoms with E-state index in [9.17, 15) is 0 Å². The molecular formula is C20H31N3O. The van der Waals surface area contributed by atoms with Gasteiger partial charge in [0, 0.05) is 44.1 Å². The fourth-order valence-electron chi connectivity index (χ4n) is 4.30. The number of nitrogens with one attached hydrogen (secondary N) is 1. The summed E-state index contributed by atoms with van der Waals surface area (Å²) in [6.45, 7) is 11.4. The standard InChI is InChI=1S/C20H31N3O/c1-6-21-19(23(5)13-15-10-8-7-9-14(15)2)22-17-16-11-12-24-18(16)20(17,3)4/h7-10,16-18H,6,11-13H2,1-5H3,(H,21,22). The van der Waals surface area contributed by atoms with Crippen molar-refractivity contribution in [2.24, 2.45) is 16.3 Å². The van der Waals surface area contributed by atoms with E-state index in [0.717, 1.165) is 32.1 Å². The predicted octanol–water partition coefficient (Wildman–Crippen LogP) is 3.21. The van der Waals surface area contributed by atoms with Crippen LogP contribution in [0.5, 0.6) is 0 Å². The highest BCUT2D eigenvalue weighted by atomic mass is 16.5. The van der Waals surface area contributed by atoms with Crippen LogP contribution < -0.4 is 5.32 Å². The molecule has 4 heteroatoms. The van der Waals surface area contributed by atoms with E-state index in [1.807, 2.05) is 0 Å². The third-order valence-corrected chi connectivity index (χ3v) is 5.72.